The zero-order valence-corrected chi connectivity index (χ0v) is 17.9. The van der Waals surface area contributed by atoms with Crippen LogP contribution in [0.5, 0.6) is 0 Å². The minimum Gasteiger partial charge on any atom is -0.315 e. The van der Waals surface area contributed by atoms with Crippen LogP contribution in [0, 0.1) is 17.2 Å². The fourth-order valence-electron chi connectivity index (χ4n) is 4.00. The highest BCUT2D eigenvalue weighted by atomic mass is 16.2. The molecule has 0 spiro atoms. The number of hydrogen-bond acceptors (Lipinski definition) is 5. The molecule has 7 nitrogen and oxygen atoms in total. The van der Waals surface area contributed by atoms with Crippen LogP contribution < -0.4 is 16.6 Å². The zero-order valence-electron chi connectivity index (χ0n) is 17.9. The Hall–Kier alpha value is -2.98. The summed E-state index contributed by atoms with van der Waals surface area (Å²) in [5.41, 5.74) is 2.04. The van der Waals surface area contributed by atoms with E-state index in [4.69, 9.17) is 5.26 Å². The van der Waals surface area contributed by atoms with E-state index in [2.05, 4.69) is 16.4 Å². The normalized spacial score (nSPS) is 16.1. The van der Waals surface area contributed by atoms with E-state index in [0.717, 1.165) is 24.1 Å². The third-order valence-electron chi connectivity index (χ3n) is 5.68. The Kier molecular flexibility index (Phi) is 7.01. The quantitative estimate of drug-likeness (QED) is 0.647. The van der Waals surface area contributed by atoms with E-state index in [9.17, 15) is 9.59 Å². The van der Waals surface area contributed by atoms with Crippen LogP contribution in [-0.4, -0.2) is 28.4 Å². The third kappa shape index (κ3) is 4.44. The van der Waals surface area contributed by atoms with Gasteiger partial charge in [0.15, 0.2) is 0 Å². The second-order valence-electron chi connectivity index (χ2n) is 7.94. The van der Waals surface area contributed by atoms with Crippen LogP contribution >= 0.6 is 0 Å². The maximum Gasteiger partial charge on any atom is 0.332 e. The molecule has 1 aliphatic rings. The molecule has 0 amide bonds. The first-order chi connectivity index (χ1) is 14.5. The molecule has 0 radical (unpaired) electrons. The van der Waals surface area contributed by atoms with Crippen LogP contribution in [0.15, 0.2) is 44.9 Å². The van der Waals surface area contributed by atoms with Gasteiger partial charge in [-0.2, -0.15) is 5.26 Å². The Labute approximate surface area is 176 Å². The van der Waals surface area contributed by atoms with Gasteiger partial charge in [0.1, 0.15) is 5.82 Å². The Bertz CT molecular complexity index is 1080. The molecule has 2 heterocycles. The fourth-order valence-corrected chi connectivity index (χ4v) is 4.00. The van der Waals surface area contributed by atoms with Gasteiger partial charge in [-0.05, 0) is 38.8 Å². The molecule has 0 bridgehead atoms. The molecule has 158 valence electrons. The molecule has 1 aromatic carbocycles. The van der Waals surface area contributed by atoms with Crippen molar-refractivity contribution in [1.29, 1.82) is 5.26 Å². The topological polar surface area (TPSA) is 92.2 Å². The molecule has 1 aromatic heterocycles. The van der Waals surface area contributed by atoms with Gasteiger partial charge in [0.2, 0.25) is 0 Å². The summed E-state index contributed by atoms with van der Waals surface area (Å²) in [4.78, 5) is 30.9. The summed E-state index contributed by atoms with van der Waals surface area (Å²) in [6.45, 7) is 2.80. The molecule has 7 heteroatoms. The SMILES string of the molecule is CNCC1=Nc2c(c(=O)n(CCCC[C@@H](C)C#N)c(=O)n2C)C1Cc1ccccc1. The molecule has 30 heavy (non-hydrogen) atoms. The van der Waals surface area contributed by atoms with Crippen molar-refractivity contribution < 1.29 is 0 Å². The van der Waals surface area contributed by atoms with Gasteiger partial charge >= 0.3 is 5.69 Å². The first-order valence-electron chi connectivity index (χ1n) is 10.5. The Morgan fingerprint density at radius 3 is 2.63 bits per heavy atom. The highest BCUT2D eigenvalue weighted by molar-refractivity contribution is 5.99. The summed E-state index contributed by atoms with van der Waals surface area (Å²) in [7, 11) is 3.53. The molecule has 2 atom stereocenters. The number of hydrogen-bond donors (Lipinski definition) is 1. The number of fused-ring (bicyclic) bond motifs is 1. The van der Waals surface area contributed by atoms with Crippen LogP contribution in [0.4, 0.5) is 5.82 Å². The first-order valence-corrected chi connectivity index (χ1v) is 10.5. The number of aromatic nitrogens is 2. The Morgan fingerprint density at radius 2 is 1.97 bits per heavy atom. The Balaban J connectivity index is 1.95. The van der Waals surface area contributed by atoms with E-state index in [0.29, 0.717) is 37.3 Å². The maximum absolute atomic E-state index is 13.4. The van der Waals surface area contributed by atoms with E-state index in [1.807, 2.05) is 44.3 Å². The van der Waals surface area contributed by atoms with Gasteiger partial charge in [0.25, 0.3) is 5.56 Å². The van der Waals surface area contributed by atoms with E-state index in [-0.39, 0.29) is 23.1 Å². The first kappa shape index (κ1) is 21.7. The van der Waals surface area contributed by atoms with Crippen LogP contribution in [-0.2, 0) is 20.0 Å². The summed E-state index contributed by atoms with van der Waals surface area (Å²) >= 11 is 0. The monoisotopic (exact) mass is 407 g/mol. The minimum absolute atomic E-state index is 0.0164. The number of benzene rings is 1. The van der Waals surface area contributed by atoms with Crippen molar-refractivity contribution in [2.75, 3.05) is 13.6 Å². The van der Waals surface area contributed by atoms with Crippen LogP contribution in [0.25, 0.3) is 0 Å². The van der Waals surface area contributed by atoms with Crippen molar-refractivity contribution in [3.05, 3.63) is 62.3 Å². The predicted octanol–water partition coefficient (Wildman–Crippen LogP) is 2.51. The average Bonchev–Trinajstić information content (AvgIpc) is 3.10. The number of aliphatic imine (C=N–C) groups is 1. The number of nitrogens with one attached hydrogen (secondary N) is 1. The summed E-state index contributed by atoms with van der Waals surface area (Å²) < 4.78 is 2.83. The van der Waals surface area contributed by atoms with Gasteiger partial charge in [-0.15, -0.1) is 0 Å². The largest absolute Gasteiger partial charge is 0.332 e. The highest BCUT2D eigenvalue weighted by Crippen LogP contribution is 2.34. The number of nitriles is 1. The lowest BCUT2D eigenvalue weighted by atomic mass is 9.90. The van der Waals surface area contributed by atoms with Crippen LogP contribution in [0.3, 0.4) is 0 Å². The van der Waals surface area contributed by atoms with Crippen molar-refractivity contribution in [2.24, 2.45) is 18.0 Å². The standard InChI is InChI=1S/C23H29N5O2/c1-16(14-24)9-7-8-12-28-22(29)20-18(13-17-10-5-4-6-11-17)19(15-25-2)26-21(20)27(3)23(28)30/h4-6,10-11,16,18,25H,7-9,12-13,15H2,1-3H3/t16-,18?/m1/s1. The number of rotatable bonds is 9. The summed E-state index contributed by atoms with van der Waals surface area (Å²) in [6.07, 6.45) is 2.92. The van der Waals surface area contributed by atoms with Crippen molar-refractivity contribution in [2.45, 2.75) is 45.1 Å². The Morgan fingerprint density at radius 1 is 1.23 bits per heavy atom. The van der Waals surface area contributed by atoms with Crippen LogP contribution in [0.1, 0.15) is 43.2 Å². The lowest BCUT2D eigenvalue weighted by Crippen LogP contribution is -2.41. The zero-order chi connectivity index (χ0) is 21.7. The molecule has 0 fully saturated rings. The second-order valence-corrected chi connectivity index (χ2v) is 7.94. The third-order valence-corrected chi connectivity index (χ3v) is 5.68. The average molecular weight is 408 g/mol. The van der Waals surface area contributed by atoms with Gasteiger partial charge in [0.05, 0.1) is 11.6 Å². The van der Waals surface area contributed by atoms with Crippen molar-refractivity contribution >= 4 is 11.5 Å². The lowest BCUT2D eigenvalue weighted by Gasteiger charge is -2.16. The van der Waals surface area contributed by atoms with Gasteiger partial charge in [-0.25, -0.2) is 9.79 Å². The number of unbranched alkanes of at least 4 members (excludes halogenated alkanes) is 1. The maximum atomic E-state index is 13.4. The molecule has 0 saturated carbocycles. The smallest absolute Gasteiger partial charge is 0.315 e. The molecule has 1 aliphatic heterocycles. The van der Waals surface area contributed by atoms with Crippen molar-refractivity contribution in [3.8, 4) is 6.07 Å². The van der Waals surface area contributed by atoms with Crippen molar-refractivity contribution in [1.82, 2.24) is 14.5 Å². The second kappa shape index (κ2) is 9.68. The minimum atomic E-state index is -0.333. The van der Waals surface area contributed by atoms with Crippen molar-refractivity contribution in [3.63, 3.8) is 0 Å². The molecular weight excluding hydrogens is 378 g/mol. The van der Waals surface area contributed by atoms with Gasteiger partial charge < -0.3 is 5.32 Å². The molecule has 3 rings (SSSR count). The van der Waals surface area contributed by atoms with E-state index in [1.165, 1.54) is 9.13 Å². The lowest BCUT2D eigenvalue weighted by molar-refractivity contribution is 0.509. The molecule has 1 N–H and O–H groups in total. The highest BCUT2D eigenvalue weighted by Gasteiger charge is 2.33. The summed E-state index contributed by atoms with van der Waals surface area (Å²) in [6, 6.07) is 12.3. The van der Waals surface area contributed by atoms with Gasteiger partial charge in [0, 0.05) is 37.7 Å². The summed E-state index contributed by atoms with van der Waals surface area (Å²) in [5.74, 6) is 0.307. The predicted molar refractivity (Wildman–Crippen MR) is 118 cm³/mol. The van der Waals surface area contributed by atoms with E-state index in [1.54, 1.807) is 7.05 Å². The van der Waals surface area contributed by atoms with E-state index >= 15 is 0 Å². The molecule has 2 aromatic rings. The number of nitrogens with zero attached hydrogens (tertiary/aromatic N) is 4. The molecule has 0 aliphatic carbocycles. The van der Waals surface area contributed by atoms with Gasteiger partial charge in [-0.1, -0.05) is 36.8 Å². The summed E-state index contributed by atoms with van der Waals surface area (Å²) in [5, 5.41) is 12.1. The molecule has 0 saturated heterocycles. The van der Waals surface area contributed by atoms with Crippen LogP contribution in [0.2, 0.25) is 0 Å². The van der Waals surface area contributed by atoms with Gasteiger partial charge in [-0.3, -0.25) is 13.9 Å². The molecular formula is C23H29N5O2. The fraction of sp³-hybridized carbons (Fsp3) is 0.478. The van der Waals surface area contributed by atoms with E-state index < -0.39 is 0 Å². The molecule has 1 unspecified atom stereocenters.